The van der Waals surface area contributed by atoms with Gasteiger partial charge >= 0.3 is 5.63 Å². The Hall–Kier alpha value is -3.94. The smallest absolute Gasteiger partial charge is 0.340 e. The molecule has 0 atom stereocenters. The van der Waals surface area contributed by atoms with Crippen molar-refractivity contribution in [3.8, 4) is 0 Å². The zero-order valence-electron chi connectivity index (χ0n) is 19.0. The van der Waals surface area contributed by atoms with Gasteiger partial charge in [0.25, 0.3) is 5.91 Å². The molecular weight excluding hydrogens is 422 g/mol. The zero-order valence-corrected chi connectivity index (χ0v) is 19.0. The first-order valence-electron chi connectivity index (χ1n) is 10.7. The van der Waals surface area contributed by atoms with Crippen LogP contribution in [-0.2, 0) is 11.2 Å². The van der Waals surface area contributed by atoms with Crippen LogP contribution in [-0.4, -0.2) is 29.9 Å². The molecule has 4 rings (SSSR count). The van der Waals surface area contributed by atoms with Crippen LogP contribution in [0, 0.1) is 27.7 Å². The van der Waals surface area contributed by atoms with Crippen molar-refractivity contribution in [1.82, 2.24) is 15.6 Å². The lowest BCUT2D eigenvalue weighted by atomic mass is 9.98. The standard InChI is InChI=1S/C25H25N3O5/c1-13-11-19-22(23-21(13)14(2)16(4)32-23)15(3)18(25(31)33-19)12-20(29)27-9-10-28-24(30)17-5-7-26-8-6-17/h5-8,11H,9-10,12H2,1-4H3,(H,27,29)(H,28,30). The van der Waals surface area contributed by atoms with Crippen LogP contribution in [0.15, 0.2) is 44.2 Å². The molecule has 0 spiro atoms. The summed E-state index contributed by atoms with van der Waals surface area (Å²) in [6.45, 7) is 8.14. The van der Waals surface area contributed by atoms with Gasteiger partial charge in [0.1, 0.15) is 16.9 Å². The first-order valence-corrected chi connectivity index (χ1v) is 10.7. The maximum atomic E-state index is 12.6. The summed E-state index contributed by atoms with van der Waals surface area (Å²) >= 11 is 0. The Kier molecular flexibility index (Phi) is 6.00. The summed E-state index contributed by atoms with van der Waals surface area (Å²) in [5.74, 6) is 0.221. The number of benzene rings is 1. The predicted octanol–water partition coefficient (Wildman–Crippen LogP) is 3.26. The molecule has 3 aromatic heterocycles. The molecule has 0 saturated carbocycles. The van der Waals surface area contributed by atoms with Crippen molar-refractivity contribution in [2.24, 2.45) is 0 Å². The number of aromatic nitrogens is 1. The van der Waals surface area contributed by atoms with Gasteiger partial charge in [-0.3, -0.25) is 14.6 Å². The molecule has 2 amide bonds. The quantitative estimate of drug-likeness (QED) is 0.346. The fourth-order valence-corrected chi connectivity index (χ4v) is 4.04. The monoisotopic (exact) mass is 447 g/mol. The summed E-state index contributed by atoms with van der Waals surface area (Å²) in [7, 11) is 0. The molecule has 8 heteroatoms. The van der Waals surface area contributed by atoms with Crippen molar-refractivity contribution in [3.05, 3.63) is 74.6 Å². The van der Waals surface area contributed by atoms with Crippen LogP contribution >= 0.6 is 0 Å². The second-order valence-corrected chi connectivity index (χ2v) is 8.07. The van der Waals surface area contributed by atoms with E-state index in [1.807, 2.05) is 26.8 Å². The van der Waals surface area contributed by atoms with E-state index in [9.17, 15) is 14.4 Å². The van der Waals surface area contributed by atoms with Gasteiger partial charge in [0, 0.05) is 36.4 Å². The molecule has 3 heterocycles. The summed E-state index contributed by atoms with van der Waals surface area (Å²) in [4.78, 5) is 41.1. The molecule has 8 nitrogen and oxygen atoms in total. The molecule has 33 heavy (non-hydrogen) atoms. The van der Waals surface area contributed by atoms with Crippen LogP contribution in [0.2, 0.25) is 0 Å². The molecule has 1 aromatic carbocycles. The third-order valence-electron chi connectivity index (χ3n) is 5.89. The Labute approximate surface area is 190 Å². The van der Waals surface area contributed by atoms with Gasteiger partial charge < -0.3 is 19.5 Å². The van der Waals surface area contributed by atoms with E-state index in [2.05, 4.69) is 15.6 Å². The van der Waals surface area contributed by atoms with E-state index in [1.54, 1.807) is 19.1 Å². The maximum absolute atomic E-state index is 12.6. The van der Waals surface area contributed by atoms with Gasteiger partial charge in [-0.05, 0) is 62.6 Å². The summed E-state index contributed by atoms with van der Waals surface area (Å²) in [5, 5.41) is 7.16. The third-order valence-corrected chi connectivity index (χ3v) is 5.89. The number of carbonyl (C=O) groups excluding carboxylic acids is 2. The Morgan fingerprint density at radius 1 is 0.939 bits per heavy atom. The lowest BCUT2D eigenvalue weighted by Gasteiger charge is -2.10. The number of aryl methyl sites for hydroxylation is 4. The largest absolute Gasteiger partial charge is 0.460 e. The Morgan fingerprint density at radius 3 is 2.36 bits per heavy atom. The van der Waals surface area contributed by atoms with Crippen molar-refractivity contribution in [1.29, 1.82) is 0 Å². The molecule has 0 aliphatic rings. The maximum Gasteiger partial charge on any atom is 0.340 e. The molecule has 0 aliphatic carbocycles. The molecule has 0 saturated heterocycles. The molecular formula is C25H25N3O5. The highest BCUT2D eigenvalue weighted by atomic mass is 16.4. The van der Waals surface area contributed by atoms with Gasteiger partial charge in [-0.25, -0.2) is 4.79 Å². The molecule has 0 bridgehead atoms. The van der Waals surface area contributed by atoms with Gasteiger partial charge in [-0.15, -0.1) is 0 Å². The minimum atomic E-state index is -0.542. The van der Waals surface area contributed by atoms with Crippen molar-refractivity contribution in [2.45, 2.75) is 34.1 Å². The van der Waals surface area contributed by atoms with E-state index in [1.165, 1.54) is 12.4 Å². The predicted molar refractivity (Wildman–Crippen MR) is 124 cm³/mol. The first kappa shape index (κ1) is 22.3. The highest BCUT2D eigenvalue weighted by Crippen LogP contribution is 2.36. The highest BCUT2D eigenvalue weighted by molar-refractivity contribution is 6.07. The molecule has 0 unspecified atom stereocenters. The molecule has 4 aromatic rings. The van der Waals surface area contributed by atoms with Crippen molar-refractivity contribution in [2.75, 3.05) is 13.1 Å². The lowest BCUT2D eigenvalue weighted by Crippen LogP contribution is -2.36. The van der Waals surface area contributed by atoms with E-state index in [-0.39, 0.29) is 36.9 Å². The summed E-state index contributed by atoms with van der Waals surface area (Å²) in [5.41, 5.74) is 4.03. The number of nitrogens with zero attached hydrogens (tertiary/aromatic N) is 1. The fourth-order valence-electron chi connectivity index (χ4n) is 4.04. The average Bonchev–Trinajstić information content (AvgIpc) is 3.09. The van der Waals surface area contributed by atoms with Crippen LogP contribution in [0.3, 0.4) is 0 Å². The van der Waals surface area contributed by atoms with Crippen LogP contribution in [0.4, 0.5) is 0 Å². The summed E-state index contributed by atoms with van der Waals surface area (Å²) in [6.07, 6.45) is 2.94. The van der Waals surface area contributed by atoms with Crippen LogP contribution < -0.4 is 16.3 Å². The van der Waals surface area contributed by atoms with Gasteiger partial charge in [0.15, 0.2) is 0 Å². The number of amides is 2. The number of hydrogen-bond acceptors (Lipinski definition) is 6. The zero-order chi connectivity index (χ0) is 23.7. The molecule has 2 N–H and O–H groups in total. The van der Waals surface area contributed by atoms with Gasteiger partial charge in [0.05, 0.1) is 17.4 Å². The summed E-state index contributed by atoms with van der Waals surface area (Å²) in [6, 6.07) is 5.05. The van der Waals surface area contributed by atoms with Crippen molar-refractivity contribution >= 4 is 33.8 Å². The SMILES string of the molecule is Cc1oc2c(c(C)cc3oc(=O)c(CC(=O)NCCNC(=O)c4ccncc4)c(C)c32)c1C. The van der Waals surface area contributed by atoms with Crippen molar-refractivity contribution < 1.29 is 18.4 Å². The van der Waals surface area contributed by atoms with E-state index in [0.717, 1.165) is 22.3 Å². The number of nitrogens with one attached hydrogen (secondary N) is 2. The Balaban J connectivity index is 1.50. The third kappa shape index (κ3) is 4.24. The second kappa shape index (κ2) is 8.90. The van der Waals surface area contributed by atoms with Gasteiger partial charge in [-0.2, -0.15) is 0 Å². The number of rotatable bonds is 6. The van der Waals surface area contributed by atoms with Crippen LogP contribution in [0.5, 0.6) is 0 Å². The van der Waals surface area contributed by atoms with Gasteiger partial charge in [0.2, 0.25) is 5.91 Å². The number of furan rings is 1. The van der Waals surface area contributed by atoms with E-state index < -0.39 is 5.63 Å². The topological polar surface area (TPSA) is 114 Å². The van der Waals surface area contributed by atoms with E-state index >= 15 is 0 Å². The number of hydrogen-bond donors (Lipinski definition) is 2. The first-order chi connectivity index (χ1) is 15.8. The fraction of sp³-hybridized carbons (Fsp3) is 0.280. The van der Waals surface area contributed by atoms with Crippen LogP contribution in [0.1, 0.15) is 38.4 Å². The Bertz CT molecular complexity index is 1430. The van der Waals surface area contributed by atoms with E-state index in [0.29, 0.717) is 27.7 Å². The minimum Gasteiger partial charge on any atom is -0.460 e. The van der Waals surface area contributed by atoms with Crippen molar-refractivity contribution in [3.63, 3.8) is 0 Å². The normalized spacial score (nSPS) is 11.2. The number of pyridine rings is 1. The lowest BCUT2D eigenvalue weighted by molar-refractivity contribution is -0.120. The number of fused-ring (bicyclic) bond motifs is 3. The van der Waals surface area contributed by atoms with E-state index in [4.69, 9.17) is 8.83 Å². The average molecular weight is 447 g/mol. The molecule has 0 aliphatic heterocycles. The summed E-state index contributed by atoms with van der Waals surface area (Å²) < 4.78 is 11.6. The molecule has 0 radical (unpaired) electrons. The van der Waals surface area contributed by atoms with Crippen LogP contribution in [0.25, 0.3) is 21.9 Å². The minimum absolute atomic E-state index is 0.129. The number of carbonyl (C=O) groups is 2. The second-order valence-electron chi connectivity index (χ2n) is 8.07. The highest BCUT2D eigenvalue weighted by Gasteiger charge is 2.21. The molecule has 170 valence electrons. The molecule has 0 fully saturated rings. The Morgan fingerprint density at radius 2 is 1.64 bits per heavy atom. The van der Waals surface area contributed by atoms with Gasteiger partial charge in [-0.1, -0.05) is 0 Å².